The van der Waals surface area contributed by atoms with E-state index in [-0.39, 0.29) is 6.04 Å². The zero-order valence-corrected chi connectivity index (χ0v) is 12.2. The van der Waals surface area contributed by atoms with Gasteiger partial charge in [0.25, 0.3) is 0 Å². The molecule has 0 radical (unpaired) electrons. The van der Waals surface area contributed by atoms with Crippen LogP contribution in [0.25, 0.3) is 0 Å². The van der Waals surface area contributed by atoms with E-state index in [1.54, 1.807) is 0 Å². The average Bonchev–Trinajstić information content (AvgIpc) is 2.38. The van der Waals surface area contributed by atoms with Crippen molar-refractivity contribution in [1.82, 2.24) is 0 Å². The molecule has 2 rings (SSSR count). The molecule has 0 saturated carbocycles. The Morgan fingerprint density at radius 3 is 2.65 bits per heavy atom. The third-order valence-corrected chi connectivity index (χ3v) is 3.37. The van der Waals surface area contributed by atoms with Crippen LogP contribution in [-0.2, 0) is 0 Å². The van der Waals surface area contributed by atoms with Crippen molar-refractivity contribution in [1.29, 1.82) is 0 Å². The van der Waals surface area contributed by atoms with Crippen LogP contribution in [0.4, 0.5) is 15.8 Å². The number of hydrogen-bond acceptors (Lipinski definition) is 3. The molecule has 0 bridgehead atoms. The van der Waals surface area contributed by atoms with Gasteiger partial charge >= 0.3 is 5.69 Å². The first-order chi connectivity index (χ1) is 9.47. The molecule has 2 aromatic rings. The molecule has 0 fully saturated rings. The van der Waals surface area contributed by atoms with Crippen LogP contribution in [0, 0.1) is 15.9 Å². The normalized spacial score (nSPS) is 11.9. The molecule has 4 nitrogen and oxygen atoms in total. The van der Waals surface area contributed by atoms with Gasteiger partial charge in [0.2, 0.25) is 5.82 Å². The third kappa shape index (κ3) is 3.33. The van der Waals surface area contributed by atoms with E-state index in [0.717, 1.165) is 22.2 Å². The summed E-state index contributed by atoms with van der Waals surface area (Å²) >= 11 is 3.39. The van der Waals surface area contributed by atoms with Gasteiger partial charge in [-0.25, -0.2) is 0 Å². The van der Waals surface area contributed by atoms with Crippen molar-refractivity contribution < 1.29 is 9.31 Å². The summed E-state index contributed by atoms with van der Waals surface area (Å²) in [6.45, 7) is 1.93. The van der Waals surface area contributed by atoms with Crippen LogP contribution in [0.2, 0.25) is 0 Å². The number of nitrogens with zero attached hydrogens (tertiary/aromatic N) is 1. The van der Waals surface area contributed by atoms with E-state index in [2.05, 4.69) is 21.2 Å². The molecular formula is C14H12BrFN2O2. The standard InChI is InChI=1S/C14H12BrFN2O2/c1-9(10-3-2-4-11(15)7-10)17-12-5-6-14(18(19)20)13(16)8-12/h2-9,17H,1H3. The van der Waals surface area contributed by atoms with Crippen molar-refractivity contribution in [2.75, 3.05) is 5.32 Å². The number of nitro groups is 1. The van der Waals surface area contributed by atoms with Crippen LogP contribution < -0.4 is 5.32 Å². The molecular weight excluding hydrogens is 327 g/mol. The van der Waals surface area contributed by atoms with Crippen molar-refractivity contribution in [2.45, 2.75) is 13.0 Å². The van der Waals surface area contributed by atoms with E-state index in [4.69, 9.17) is 0 Å². The summed E-state index contributed by atoms with van der Waals surface area (Å²) in [5.41, 5.74) is 1.00. The van der Waals surface area contributed by atoms with Crippen LogP contribution >= 0.6 is 15.9 Å². The van der Waals surface area contributed by atoms with E-state index < -0.39 is 16.4 Å². The molecule has 0 spiro atoms. The predicted octanol–water partition coefficient (Wildman–Crippen LogP) is 4.67. The molecule has 0 heterocycles. The number of rotatable bonds is 4. The van der Waals surface area contributed by atoms with Crippen molar-refractivity contribution in [2.24, 2.45) is 0 Å². The minimum Gasteiger partial charge on any atom is -0.378 e. The largest absolute Gasteiger partial charge is 0.378 e. The first-order valence-electron chi connectivity index (χ1n) is 5.93. The molecule has 0 aliphatic carbocycles. The van der Waals surface area contributed by atoms with Gasteiger partial charge in [0.1, 0.15) is 0 Å². The molecule has 1 unspecified atom stereocenters. The molecule has 0 aliphatic rings. The quantitative estimate of drug-likeness (QED) is 0.651. The fourth-order valence-corrected chi connectivity index (χ4v) is 2.27. The van der Waals surface area contributed by atoms with Gasteiger partial charge in [-0.05, 0) is 30.7 Å². The first-order valence-corrected chi connectivity index (χ1v) is 6.72. The molecule has 0 aromatic heterocycles. The summed E-state index contributed by atoms with van der Waals surface area (Å²) < 4.78 is 14.5. The Kier molecular flexibility index (Phi) is 4.34. The molecule has 1 N–H and O–H groups in total. The fraction of sp³-hybridized carbons (Fsp3) is 0.143. The van der Waals surface area contributed by atoms with Gasteiger partial charge in [-0.2, -0.15) is 4.39 Å². The van der Waals surface area contributed by atoms with Gasteiger partial charge in [0.05, 0.1) is 4.92 Å². The zero-order valence-electron chi connectivity index (χ0n) is 10.6. The Labute approximate surface area is 123 Å². The molecule has 0 amide bonds. The second-order valence-corrected chi connectivity index (χ2v) is 5.26. The highest BCUT2D eigenvalue weighted by atomic mass is 79.9. The lowest BCUT2D eigenvalue weighted by atomic mass is 10.1. The van der Waals surface area contributed by atoms with Crippen LogP contribution in [-0.4, -0.2) is 4.92 Å². The Balaban J connectivity index is 2.18. The monoisotopic (exact) mass is 338 g/mol. The number of halogens is 2. The Morgan fingerprint density at radius 2 is 2.05 bits per heavy atom. The highest BCUT2D eigenvalue weighted by Crippen LogP contribution is 2.25. The highest BCUT2D eigenvalue weighted by molar-refractivity contribution is 9.10. The maximum absolute atomic E-state index is 13.5. The Morgan fingerprint density at radius 1 is 1.30 bits per heavy atom. The number of nitro benzene ring substituents is 1. The molecule has 6 heteroatoms. The van der Waals surface area contributed by atoms with Gasteiger partial charge in [-0.15, -0.1) is 0 Å². The maximum atomic E-state index is 13.5. The smallest absolute Gasteiger partial charge is 0.304 e. The van der Waals surface area contributed by atoms with E-state index in [1.165, 1.54) is 6.07 Å². The lowest BCUT2D eigenvalue weighted by Crippen LogP contribution is -2.07. The van der Waals surface area contributed by atoms with E-state index in [1.807, 2.05) is 31.2 Å². The summed E-state index contributed by atoms with van der Waals surface area (Å²) in [5.74, 6) is -0.846. The van der Waals surface area contributed by atoms with Gasteiger partial charge in [0.15, 0.2) is 0 Å². The van der Waals surface area contributed by atoms with Crippen LogP contribution in [0.3, 0.4) is 0 Å². The van der Waals surface area contributed by atoms with Crippen LogP contribution in [0.15, 0.2) is 46.9 Å². The first kappa shape index (κ1) is 14.5. The molecule has 0 aliphatic heterocycles. The van der Waals surface area contributed by atoms with Gasteiger partial charge in [-0.3, -0.25) is 10.1 Å². The number of nitrogens with one attached hydrogen (secondary N) is 1. The summed E-state index contributed by atoms with van der Waals surface area (Å²) in [5, 5.41) is 13.7. The van der Waals surface area contributed by atoms with Crippen molar-refractivity contribution in [3.63, 3.8) is 0 Å². The molecule has 0 saturated heterocycles. The topological polar surface area (TPSA) is 55.2 Å². The SMILES string of the molecule is CC(Nc1ccc([N+](=O)[O-])c(F)c1)c1cccc(Br)c1. The second-order valence-electron chi connectivity index (χ2n) is 4.34. The van der Waals surface area contributed by atoms with Crippen molar-refractivity contribution >= 4 is 27.3 Å². The average molecular weight is 339 g/mol. The molecule has 20 heavy (non-hydrogen) atoms. The summed E-state index contributed by atoms with van der Waals surface area (Å²) in [7, 11) is 0. The lowest BCUT2D eigenvalue weighted by molar-refractivity contribution is -0.387. The number of hydrogen-bond donors (Lipinski definition) is 1. The van der Waals surface area contributed by atoms with Crippen LogP contribution in [0.5, 0.6) is 0 Å². The minimum atomic E-state index is -0.846. The summed E-state index contributed by atoms with van der Waals surface area (Å²) in [4.78, 5) is 9.81. The van der Waals surface area contributed by atoms with E-state index >= 15 is 0 Å². The Bertz CT molecular complexity index is 649. The second kappa shape index (κ2) is 6.00. The summed E-state index contributed by atoms with van der Waals surface area (Å²) in [6, 6.07) is 11.5. The molecule has 2 aromatic carbocycles. The third-order valence-electron chi connectivity index (χ3n) is 2.88. The van der Waals surface area contributed by atoms with Gasteiger partial charge in [-0.1, -0.05) is 28.1 Å². The molecule has 104 valence electrons. The fourth-order valence-electron chi connectivity index (χ4n) is 1.85. The highest BCUT2D eigenvalue weighted by Gasteiger charge is 2.14. The van der Waals surface area contributed by atoms with E-state index in [9.17, 15) is 14.5 Å². The summed E-state index contributed by atoms with van der Waals surface area (Å²) in [6.07, 6.45) is 0. The number of anilines is 1. The van der Waals surface area contributed by atoms with Gasteiger partial charge < -0.3 is 5.32 Å². The van der Waals surface area contributed by atoms with Crippen molar-refractivity contribution in [3.05, 3.63) is 68.4 Å². The maximum Gasteiger partial charge on any atom is 0.304 e. The predicted molar refractivity (Wildman–Crippen MR) is 79.2 cm³/mol. The zero-order chi connectivity index (χ0) is 14.7. The minimum absolute atomic E-state index is 0.0478. The van der Waals surface area contributed by atoms with Crippen molar-refractivity contribution in [3.8, 4) is 0 Å². The van der Waals surface area contributed by atoms with Gasteiger partial charge in [0, 0.05) is 28.3 Å². The van der Waals surface area contributed by atoms with Crippen LogP contribution in [0.1, 0.15) is 18.5 Å². The van der Waals surface area contributed by atoms with E-state index in [0.29, 0.717) is 5.69 Å². The number of benzene rings is 2. The Hall–Kier alpha value is -1.95. The molecule has 1 atom stereocenters. The lowest BCUT2D eigenvalue weighted by Gasteiger charge is -2.16.